The summed E-state index contributed by atoms with van der Waals surface area (Å²) >= 11 is 0. The second kappa shape index (κ2) is 15.6. The molecule has 0 radical (unpaired) electrons. The molecule has 2 aliphatic heterocycles. The molecule has 0 spiro atoms. The summed E-state index contributed by atoms with van der Waals surface area (Å²) in [4.78, 5) is 40.5. The molecular formula is C45H44F2N12O. The van der Waals surface area contributed by atoms with Crippen LogP contribution in [0.3, 0.4) is 0 Å². The van der Waals surface area contributed by atoms with E-state index in [2.05, 4.69) is 39.5 Å². The monoisotopic (exact) mass is 806 g/mol. The molecule has 2 aliphatic rings. The van der Waals surface area contributed by atoms with Crippen LogP contribution in [0.1, 0.15) is 36.4 Å². The summed E-state index contributed by atoms with van der Waals surface area (Å²) in [6.07, 6.45) is 7.55. The maximum atomic E-state index is 15.4. The minimum absolute atomic E-state index is 0.218. The average molecular weight is 807 g/mol. The summed E-state index contributed by atoms with van der Waals surface area (Å²) in [6, 6.07) is 21.6. The van der Waals surface area contributed by atoms with Crippen LogP contribution in [0.15, 0.2) is 97.6 Å². The van der Waals surface area contributed by atoms with Crippen molar-refractivity contribution in [1.82, 2.24) is 49.0 Å². The number of fused-ring (bicyclic) bond motifs is 4. The molecule has 10 rings (SSSR count). The van der Waals surface area contributed by atoms with Crippen LogP contribution in [-0.4, -0.2) is 119 Å². The summed E-state index contributed by atoms with van der Waals surface area (Å²) in [5.74, 6) is 1.32. The Balaban J connectivity index is 0.745. The summed E-state index contributed by atoms with van der Waals surface area (Å²) in [6.45, 7) is 9.88. The van der Waals surface area contributed by atoms with Gasteiger partial charge in [-0.2, -0.15) is 0 Å². The van der Waals surface area contributed by atoms with Crippen LogP contribution in [0, 0.1) is 11.6 Å². The second-order valence-electron chi connectivity index (χ2n) is 15.8. The molecule has 0 bridgehead atoms. The van der Waals surface area contributed by atoms with Crippen LogP contribution in [0.25, 0.3) is 33.1 Å². The van der Waals surface area contributed by atoms with Gasteiger partial charge in [0.1, 0.15) is 23.3 Å². The van der Waals surface area contributed by atoms with Gasteiger partial charge in [0.2, 0.25) is 0 Å². The van der Waals surface area contributed by atoms with E-state index in [9.17, 15) is 4.79 Å². The quantitative estimate of drug-likeness (QED) is 0.172. The Labute approximate surface area is 344 Å². The number of anilines is 2. The van der Waals surface area contributed by atoms with Gasteiger partial charge in [0.15, 0.2) is 17.1 Å². The Bertz CT molecular complexity index is 2690. The van der Waals surface area contributed by atoms with Crippen molar-refractivity contribution in [2.45, 2.75) is 38.8 Å². The van der Waals surface area contributed by atoms with E-state index in [4.69, 9.17) is 10.2 Å². The van der Waals surface area contributed by atoms with E-state index < -0.39 is 0 Å². The molecule has 0 amide bonds. The Morgan fingerprint density at radius 1 is 0.567 bits per heavy atom. The number of Topliss-reactive ketones (excluding diaryl/α,β-unsaturated/α-hetero) is 1. The maximum absolute atomic E-state index is 15.4. The van der Waals surface area contributed by atoms with Crippen molar-refractivity contribution < 1.29 is 13.6 Å². The molecule has 2 atom stereocenters. The molecule has 0 aliphatic carbocycles. The standard InChI is InChI=1S/C45H44F2N12O/c1-29(54-17-21-56(22-18-54)41-13-11-39-50-27-33(58(39)52-41)25-31-7-9-37-35(43(31)46)5-3-15-48-37)45(60)30(2)55-19-23-57(24-20-55)42-14-12-40-51-28-34(59(40)53-42)26-32-8-10-38-36(44(32)47)6-4-16-49-38/h3-16,27-30H,17-26H2,1-2H3. The number of carbonyl (C=O) groups excluding carboxylic acids is 1. The van der Waals surface area contributed by atoms with Crippen LogP contribution in [-0.2, 0) is 17.6 Å². The molecule has 8 heterocycles. The number of carbonyl (C=O) groups is 1. The van der Waals surface area contributed by atoms with Crippen molar-refractivity contribution in [3.63, 3.8) is 0 Å². The van der Waals surface area contributed by atoms with Crippen molar-refractivity contribution in [3.8, 4) is 0 Å². The third-order valence-corrected chi connectivity index (χ3v) is 12.4. The minimum atomic E-state index is -0.272. The van der Waals surface area contributed by atoms with E-state index in [1.165, 1.54) is 0 Å². The number of piperazine rings is 2. The van der Waals surface area contributed by atoms with Crippen LogP contribution in [0.4, 0.5) is 20.4 Å². The van der Waals surface area contributed by atoms with Gasteiger partial charge in [-0.25, -0.2) is 27.8 Å². The predicted molar refractivity (Wildman–Crippen MR) is 226 cm³/mol. The topological polar surface area (TPSA) is 116 Å². The molecule has 0 saturated carbocycles. The summed E-state index contributed by atoms with van der Waals surface area (Å²) in [7, 11) is 0. The molecule has 0 N–H and O–H groups in total. The van der Waals surface area contributed by atoms with Crippen molar-refractivity contribution in [1.29, 1.82) is 0 Å². The lowest BCUT2D eigenvalue weighted by molar-refractivity contribution is -0.128. The molecule has 60 heavy (non-hydrogen) atoms. The number of halogens is 2. The fraction of sp³-hybridized carbons (Fsp3) is 0.311. The minimum Gasteiger partial charge on any atom is -0.353 e. The molecule has 8 aromatic rings. The number of pyridine rings is 2. The van der Waals surface area contributed by atoms with E-state index in [0.717, 1.165) is 75.4 Å². The average Bonchev–Trinajstić information content (AvgIpc) is 3.90. The number of nitrogens with zero attached hydrogens (tertiary/aromatic N) is 12. The van der Waals surface area contributed by atoms with Gasteiger partial charge < -0.3 is 9.80 Å². The smallest absolute Gasteiger partial charge is 0.166 e. The zero-order chi connectivity index (χ0) is 40.9. The van der Waals surface area contributed by atoms with E-state index in [0.29, 0.717) is 57.1 Å². The lowest BCUT2D eigenvalue weighted by Gasteiger charge is -2.41. The van der Waals surface area contributed by atoms with Gasteiger partial charge in [0.25, 0.3) is 0 Å². The SMILES string of the molecule is CC(C(=O)C(C)N1CCN(c2ccc3ncc(Cc4ccc5ncccc5c4F)n3n2)CC1)N1CCN(c2ccc3ncc(Cc4ccc5ncccc5c4F)n3n2)CC1. The second-order valence-corrected chi connectivity index (χ2v) is 15.8. The first-order valence-electron chi connectivity index (χ1n) is 20.5. The van der Waals surface area contributed by atoms with Crippen LogP contribution in [0.2, 0.25) is 0 Å². The van der Waals surface area contributed by atoms with Gasteiger partial charge in [0.05, 0.1) is 46.9 Å². The van der Waals surface area contributed by atoms with Gasteiger partial charge in [-0.15, -0.1) is 10.2 Å². The number of hydrogen-bond donors (Lipinski definition) is 0. The number of imidazole rings is 2. The Hall–Kier alpha value is -6.45. The van der Waals surface area contributed by atoms with Crippen molar-refractivity contribution in [2.24, 2.45) is 0 Å². The Kier molecular flexibility index (Phi) is 9.84. The van der Waals surface area contributed by atoms with E-state index in [1.807, 2.05) is 50.2 Å². The van der Waals surface area contributed by atoms with Crippen molar-refractivity contribution in [2.75, 3.05) is 62.2 Å². The molecule has 2 aromatic carbocycles. The number of hydrogen-bond acceptors (Lipinski definition) is 11. The highest BCUT2D eigenvalue weighted by Gasteiger charge is 2.33. The van der Waals surface area contributed by atoms with Gasteiger partial charge >= 0.3 is 0 Å². The lowest BCUT2D eigenvalue weighted by atomic mass is 10.0. The number of benzene rings is 2. The van der Waals surface area contributed by atoms with Gasteiger partial charge in [0, 0.05) is 88.4 Å². The number of ketones is 1. The van der Waals surface area contributed by atoms with Crippen LogP contribution < -0.4 is 9.80 Å². The number of aromatic nitrogens is 8. The third-order valence-electron chi connectivity index (χ3n) is 12.4. The molecule has 13 nitrogen and oxygen atoms in total. The Morgan fingerprint density at radius 3 is 1.43 bits per heavy atom. The predicted octanol–water partition coefficient (Wildman–Crippen LogP) is 5.62. The molecule has 304 valence electrons. The highest BCUT2D eigenvalue weighted by atomic mass is 19.1. The first kappa shape index (κ1) is 37.8. The molecule has 2 saturated heterocycles. The molecular weight excluding hydrogens is 763 g/mol. The maximum Gasteiger partial charge on any atom is 0.166 e. The van der Waals surface area contributed by atoms with Crippen molar-refractivity contribution >= 4 is 50.5 Å². The van der Waals surface area contributed by atoms with Gasteiger partial charge in [-0.1, -0.05) is 12.1 Å². The van der Waals surface area contributed by atoms with Gasteiger partial charge in [-0.3, -0.25) is 24.6 Å². The largest absolute Gasteiger partial charge is 0.353 e. The van der Waals surface area contributed by atoms with E-state index in [-0.39, 0.29) is 29.5 Å². The molecule has 2 unspecified atom stereocenters. The molecule has 6 aromatic heterocycles. The van der Waals surface area contributed by atoms with Crippen molar-refractivity contribution in [3.05, 3.63) is 132 Å². The molecule has 2 fully saturated rings. The molecule has 15 heteroatoms. The third kappa shape index (κ3) is 6.96. The van der Waals surface area contributed by atoms with E-state index >= 15 is 8.78 Å². The number of rotatable bonds is 10. The first-order valence-corrected chi connectivity index (χ1v) is 20.5. The summed E-state index contributed by atoms with van der Waals surface area (Å²) < 4.78 is 34.4. The first-order chi connectivity index (χ1) is 29.3. The lowest BCUT2D eigenvalue weighted by Crippen LogP contribution is -2.57. The summed E-state index contributed by atoms with van der Waals surface area (Å²) in [5.41, 5.74) is 5.40. The van der Waals surface area contributed by atoms with Gasteiger partial charge in [-0.05, 0) is 85.6 Å². The van der Waals surface area contributed by atoms with E-state index in [1.54, 1.807) is 70.2 Å². The Morgan fingerprint density at radius 2 is 1.00 bits per heavy atom. The highest BCUT2D eigenvalue weighted by molar-refractivity contribution is 5.88. The van der Waals surface area contributed by atoms with Crippen LogP contribution >= 0.6 is 0 Å². The summed E-state index contributed by atoms with van der Waals surface area (Å²) in [5, 5.41) is 10.9. The zero-order valence-electron chi connectivity index (χ0n) is 33.5. The fourth-order valence-corrected chi connectivity index (χ4v) is 8.77. The normalized spacial score (nSPS) is 16.7. The van der Waals surface area contributed by atoms with Crippen LogP contribution in [0.5, 0.6) is 0 Å². The fourth-order valence-electron chi connectivity index (χ4n) is 8.77. The zero-order valence-corrected chi connectivity index (χ0v) is 33.5. The highest BCUT2D eigenvalue weighted by Crippen LogP contribution is 2.26.